The summed E-state index contributed by atoms with van der Waals surface area (Å²) in [6.45, 7) is 2.00. The lowest BCUT2D eigenvalue weighted by atomic mass is 10.3. The van der Waals surface area contributed by atoms with E-state index in [1.165, 1.54) is 0 Å². The van der Waals surface area contributed by atoms with Gasteiger partial charge in [0.05, 0.1) is 10.2 Å². The van der Waals surface area contributed by atoms with Crippen molar-refractivity contribution in [1.29, 1.82) is 0 Å². The molecule has 0 bridgehead atoms. The van der Waals surface area contributed by atoms with E-state index in [0.717, 1.165) is 36.2 Å². The quantitative estimate of drug-likeness (QED) is 0.691. The van der Waals surface area contributed by atoms with E-state index in [-0.39, 0.29) is 0 Å². The van der Waals surface area contributed by atoms with Crippen LogP contribution >= 0.6 is 38.9 Å². The predicted molar refractivity (Wildman–Crippen MR) is 84.6 cm³/mol. The Balaban J connectivity index is 1.96. The lowest BCUT2D eigenvalue weighted by molar-refractivity contribution is 1.23. The van der Waals surface area contributed by atoms with Crippen molar-refractivity contribution in [3.63, 3.8) is 0 Å². The summed E-state index contributed by atoms with van der Waals surface area (Å²) < 4.78 is 2.02. The molecule has 0 aliphatic carbocycles. The zero-order chi connectivity index (χ0) is 13.4. The highest BCUT2D eigenvalue weighted by Gasteiger charge is 2.07. The molecule has 0 atom stereocenters. The van der Waals surface area contributed by atoms with Gasteiger partial charge in [-0.05, 0) is 52.7 Å². The van der Waals surface area contributed by atoms with Crippen LogP contribution in [0.1, 0.15) is 5.56 Å². The summed E-state index contributed by atoms with van der Waals surface area (Å²) in [4.78, 5) is 8.85. The highest BCUT2D eigenvalue weighted by molar-refractivity contribution is 9.10. The zero-order valence-electron chi connectivity index (χ0n) is 9.95. The van der Waals surface area contributed by atoms with Gasteiger partial charge in [0.2, 0.25) is 0 Å². The van der Waals surface area contributed by atoms with Crippen molar-refractivity contribution in [2.24, 2.45) is 0 Å². The molecule has 0 saturated carbocycles. The van der Waals surface area contributed by atoms with E-state index in [4.69, 9.17) is 11.6 Å². The minimum atomic E-state index is 0.723. The average molecular weight is 355 g/mol. The molecule has 6 heteroatoms. The molecule has 0 fully saturated rings. The van der Waals surface area contributed by atoms with Crippen molar-refractivity contribution in [3.05, 3.63) is 45.5 Å². The van der Waals surface area contributed by atoms with E-state index in [9.17, 15) is 0 Å². The second-order valence-corrected chi connectivity index (χ2v) is 6.46. The lowest BCUT2D eigenvalue weighted by Crippen LogP contribution is -1.95. The van der Waals surface area contributed by atoms with Gasteiger partial charge in [-0.2, -0.15) is 0 Å². The molecule has 1 aromatic carbocycles. The van der Waals surface area contributed by atoms with E-state index >= 15 is 0 Å². The fourth-order valence-electron chi connectivity index (χ4n) is 1.72. The number of halogens is 2. The molecule has 19 heavy (non-hydrogen) atoms. The molecular formula is C13H9BrClN3S. The Morgan fingerprint density at radius 2 is 2.16 bits per heavy atom. The van der Waals surface area contributed by atoms with E-state index in [2.05, 4.69) is 31.2 Å². The van der Waals surface area contributed by atoms with Gasteiger partial charge >= 0.3 is 0 Å². The summed E-state index contributed by atoms with van der Waals surface area (Å²) in [6, 6.07) is 7.69. The number of aromatic nitrogens is 2. The summed E-state index contributed by atoms with van der Waals surface area (Å²) >= 11 is 10.9. The third kappa shape index (κ3) is 2.73. The molecule has 3 nitrogen and oxygen atoms in total. The topological polar surface area (TPSA) is 37.8 Å². The van der Waals surface area contributed by atoms with Crippen molar-refractivity contribution in [2.45, 2.75) is 6.92 Å². The Hall–Kier alpha value is -1.17. The van der Waals surface area contributed by atoms with Gasteiger partial charge in [-0.25, -0.2) is 9.97 Å². The van der Waals surface area contributed by atoms with E-state index in [0.29, 0.717) is 0 Å². The molecule has 2 aromatic heterocycles. The number of pyridine rings is 1. The molecule has 3 rings (SSSR count). The Kier molecular flexibility index (Phi) is 3.43. The number of nitrogens with zero attached hydrogens (tertiary/aromatic N) is 2. The Morgan fingerprint density at radius 1 is 1.32 bits per heavy atom. The van der Waals surface area contributed by atoms with Crippen molar-refractivity contribution >= 4 is 60.0 Å². The second kappa shape index (κ2) is 5.07. The molecule has 2 heterocycles. The van der Waals surface area contributed by atoms with Crippen LogP contribution in [0, 0.1) is 6.92 Å². The number of benzene rings is 1. The molecule has 3 aromatic rings. The minimum absolute atomic E-state index is 0.723. The fourth-order valence-corrected chi connectivity index (χ4v) is 3.31. The van der Waals surface area contributed by atoms with Crippen molar-refractivity contribution < 1.29 is 0 Å². The van der Waals surface area contributed by atoms with Crippen LogP contribution in [0.15, 0.2) is 34.9 Å². The molecule has 1 N–H and O–H groups in total. The molecule has 0 unspecified atom stereocenters. The van der Waals surface area contributed by atoms with E-state index < -0.39 is 0 Å². The first-order valence-electron chi connectivity index (χ1n) is 5.57. The molecule has 0 radical (unpaired) electrons. The Morgan fingerprint density at radius 3 is 2.95 bits per heavy atom. The largest absolute Gasteiger partial charge is 0.316 e. The van der Waals surface area contributed by atoms with Gasteiger partial charge in [0.25, 0.3) is 0 Å². The van der Waals surface area contributed by atoms with E-state index in [1.54, 1.807) is 17.5 Å². The molecule has 96 valence electrons. The first-order valence-corrected chi connectivity index (χ1v) is 7.56. The molecule has 0 spiro atoms. The van der Waals surface area contributed by atoms with Crippen molar-refractivity contribution in [2.75, 3.05) is 5.32 Å². The maximum Gasteiger partial charge on any atom is 0.189 e. The van der Waals surface area contributed by atoms with Gasteiger partial charge in [-0.1, -0.05) is 22.9 Å². The van der Waals surface area contributed by atoms with Crippen LogP contribution < -0.4 is 5.32 Å². The Labute approximate surface area is 127 Å². The smallest absolute Gasteiger partial charge is 0.189 e. The number of rotatable bonds is 2. The predicted octanol–water partition coefficient (Wildman–Crippen LogP) is 5.16. The third-order valence-corrected chi connectivity index (χ3v) is 4.22. The van der Waals surface area contributed by atoms with Crippen LogP contribution in [-0.2, 0) is 0 Å². The maximum atomic E-state index is 5.97. The summed E-state index contributed by atoms with van der Waals surface area (Å²) in [7, 11) is 0. The molecule has 0 aliphatic rings. The number of hydrogen-bond donors (Lipinski definition) is 1. The summed E-state index contributed by atoms with van der Waals surface area (Å²) in [5, 5.41) is 4.78. The zero-order valence-corrected chi connectivity index (χ0v) is 13.1. The number of thiazole rings is 1. The molecular weight excluding hydrogens is 346 g/mol. The highest BCUT2D eigenvalue weighted by Crippen LogP contribution is 2.30. The van der Waals surface area contributed by atoms with Gasteiger partial charge in [-0.3, -0.25) is 0 Å². The average Bonchev–Trinajstić information content (AvgIpc) is 2.74. The number of hydrogen-bond acceptors (Lipinski definition) is 4. The SMILES string of the molecule is Cc1cc(Br)cnc1Nc1nc2ccc(Cl)cc2s1. The highest BCUT2D eigenvalue weighted by atomic mass is 79.9. The van der Waals surface area contributed by atoms with Gasteiger partial charge in [0, 0.05) is 15.7 Å². The minimum Gasteiger partial charge on any atom is -0.316 e. The monoisotopic (exact) mass is 353 g/mol. The third-order valence-electron chi connectivity index (χ3n) is 2.62. The van der Waals surface area contributed by atoms with Crippen LogP contribution in [0.3, 0.4) is 0 Å². The maximum absolute atomic E-state index is 5.97. The van der Waals surface area contributed by atoms with Crippen molar-refractivity contribution in [1.82, 2.24) is 9.97 Å². The van der Waals surface area contributed by atoms with Gasteiger partial charge < -0.3 is 5.32 Å². The van der Waals surface area contributed by atoms with Crippen LogP contribution in [0.2, 0.25) is 5.02 Å². The summed E-state index contributed by atoms with van der Waals surface area (Å²) in [5.41, 5.74) is 2.00. The molecule has 0 saturated heterocycles. The summed E-state index contributed by atoms with van der Waals surface area (Å²) in [6.07, 6.45) is 1.76. The van der Waals surface area contributed by atoms with Gasteiger partial charge in [0.1, 0.15) is 5.82 Å². The standard InChI is InChI=1S/C13H9BrClN3S/c1-7-4-8(14)6-16-12(7)18-13-17-10-3-2-9(15)5-11(10)19-13/h2-6H,1H3,(H,16,17,18). The van der Waals surface area contributed by atoms with Crippen LogP contribution in [-0.4, -0.2) is 9.97 Å². The number of fused-ring (bicyclic) bond motifs is 1. The molecule has 0 amide bonds. The first kappa shape index (κ1) is 12.8. The lowest BCUT2D eigenvalue weighted by Gasteiger charge is -2.05. The molecule has 0 aliphatic heterocycles. The van der Waals surface area contributed by atoms with Crippen LogP contribution in [0.5, 0.6) is 0 Å². The summed E-state index contributed by atoms with van der Waals surface area (Å²) in [5.74, 6) is 0.813. The first-order chi connectivity index (χ1) is 9.11. The normalized spacial score (nSPS) is 10.9. The van der Waals surface area contributed by atoms with E-state index in [1.807, 2.05) is 31.2 Å². The van der Waals surface area contributed by atoms with Gasteiger partial charge in [-0.15, -0.1) is 0 Å². The number of aryl methyl sites for hydroxylation is 1. The number of nitrogens with one attached hydrogen (secondary N) is 1. The fraction of sp³-hybridized carbons (Fsp3) is 0.0769. The van der Waals surface area contributed by atoms with Gasteiger partial charge in [0.15, 0.2) is 5.13 Å². The second-order valence-electron chi connectivity index (χ2n) is 4.08. The van der Waals surface area contributed by atoms with Crippen LogP contribution in [0.4, 0.5) is 10.9 Å². The van der Waals surface area contributed by atoms with Crippen molar-refractivity contribution in [3.8, 4) is 0 Å². The number of anilines is 2. The van der Waals surface area contributed by atoms with Crippen LogP contribution in [0.25, 0.3) is 10.2 Å². The Bertz CT molecular complexity index is 757.